The van der Waals surface area contributed by atoms with Crippen LogP contribution in [-0.4, -0.2) is 50.6 Å². The van der Waals surface area contributed by atoms with E-state index in [0.29, 0.717) is 24.4 Å². The van der Waals surface area contributed by atoms with E-state index in [0.717, 1.165) is 43.8 Å². The molecule has 0 saturated carbocycles. The van der Waals surface area contributed by atoms with Crippen LogP contribution in [0.2, 0.25) is 0 Å². The minimum absolute atomic E-state index is 0.0516. The number of hydrogen-bond acceptors (Lipinski definition) is 5. The Kier molecular flexibility index (Phi) is 7.85. The maximum Gasteiger partial charge on any atom is 0.337 e. The Morgan fingerprint density at radius 2 is 1.73 bits per heavy atom. The third-order valence-electron chi connectivity index (χ3n) is 5.50. The minimum atomic E-state index is -0.315. The van der Waals surface area contributed by atoms with Crippen molar-refractivity contribution in [2.24, 2.45) is 5.92 Å². The zero-order valence-electron chi connectivity index (χ0n) is 17.7. The summed E-state index contributed by atoms with van der Waals surface area (Å²) in [6.45, 7) is 3.56. The maximum absolute atomic E-state index is 12.3. The van der Waals surface area contributed by atoms with E-state index in [-0.39, 0.29) is 11.9 Å². The number of amides is 1. The van der Waals surface area contributed by atoms with Gasteiger partial charge in [-0.1, -0.05) is 24.3 Å². The second-order valence-electron chi connectivity index (χ2n) is 7.76. The van der Waals surface area contributed by atoms with Crippen molar-refractivity contribution in [2.75, 3.05) is 33.9 Å². The third-order valence-corrected chi connectivity index (χ3v) is 5.50. The molecule has 0 aliphatic carbocycles. The van der Waals surface area contributed by atoms with Crippen LogP contribution >= 0.6 is 0 Å². The maximum atomic E-state index is 12.3. The molecule has 2 aromatic carbocycles. The van der Waals surface area contributed by atoms with Gasteiger partial charge in [0.1, 0.15) is 5.75 Å². The van der Waals surface area contributed by atoms with Gasteiger partial charge in [-0.25, -0.2) is 4.79 Å². The summed E-state index contributed by atoms with van der Waals surface area (Å²) in [5, 5.41) is 3.09. The van der Waals surface area contributed by atoms with Gasteiger partial charge in [0.25, 0.3) is 0 Å². The molecule has 0 unspecified atom stereocenters. The van der Waals surface area contributed by atoms with E-state index >= 15 is 0 Å². The van der Waals surface area contributed by atoms with E-state index in [1.54, 1.807) is 7.11 Å². The summed E-state index contributed by atoms with van der Waals surface area (Å²) < 4.78 is 9.89. The highest BCUT2D eigenvalue weighted by Crippen LogP contribution is 2.19. The first-order valence-electron chi connectivity index (χ1n) is 10.4. The molecule has 160 valence electrons. The number of ether oxygens (including phenoxy) is 2. The van der Waals surface area contributed by atoms with Gasteiger partial charge < -0.3 is 14.8 Å². The summed E-state index contributed by atoms with van der Waals surface area (Å²) >= 11 is 0. The van der Waals surface area contributed by atoms with E-state index < -0.39 is 0 Å². The van der Waals surface area contributed by atoms with Crippen LogP contribution < -0.4 is 10.1 Å². The number of nitrogens with one attached hydrogen (secondary N) is 1. The third kappa shape index (κ3) is 6.32. The molecule has 1 atom stereocenters. The number of benzene rings is 2. The molecule has 1 heterocycles. The number of piperidine rings is 1. The monoisotopic (exact) mass is 410 g/mol. The summed E-state index contributed by atoms with van der Waals surface area (Å²) in [5.74, 6) is 0.981. The Bertz CT molecular complexity index is 833. The molecule has 1 saturated heterocycles. The SMILES string of the molecule is COC(=O)c1ccc(CN2CCC[C@@H](CNC(=O)Cc3ccc(OC)cc3)C2)cc1. The summed E-state index contributed by atoms with van der Waals surface area (Å²) in [6, 6.07) is 15.2. The van der Waals surface area contributed by atoms with Crippen molar-refractivity contribution >= 4 is 11.9 Å². The van der Waals surface area contributed by atoms with Crippen molar-refractivity contribution < 1.29 is 19.1 Å². The van der Waals surface area contributed by atoms with Gasteiger partial charge in [0.05, 0.1) is 26.2 Å². The summed E-state index contributed by atoms with van der Waals surface area (Å²) in [7, 11) is 3.02. The summed E-state index contributed by atoms with van der Waals surface area (Å²) in [4.78, 5) is 26.3. The number of carbonyl (C=O) groups is 2. The Hall–Kier alpha value is -2.86. The fraction of sp³-hybridized carbons (Fsp3) is 0.417. The molecule has 6 nitrogen and oxygen atoms in total. The molecule has 1 aliphatic heterocycles. The van der Waals surface area contributed by atoms with Gasteiger partial charge in [-0.3, -0.25) is 9.69 Å². The molecule has 6 heteroatoms. The van der Waals surface area contributed by atoms with Crippen LogP contribution in [0.3, 0.4) is 0 Å². The fourth-order valence-corrected chi connectivity index (χ4v) is 3.83. The Labute approximate surface area is 178 Å². The lowest BCUT2D eigenvalue weighted by Crippen LogP contribution is -2.40. The number of likely N-dealkylation sites (tertiary alicyclic amines) is 1. The molecule has 30 heavy (non-hydrogen) atoms. The molecular weight excluding hydrogens is 380 g/mol. The second-order valence-corrected chi connectivity index (χ2v) is 7.76. The van der Waals surface area contributed by atoms with E-state index in [1.165, 1.54) is 12.7 Å². The molecule has 1 N–H and O–H groups in total. The average molecular weight is 411 g/mol. The normalized spacial score (nSPS) is 16.7. The van der Waals surface area contributed by atoms with E-state index in [4.69, 9.17) is 9.47 Å². The lowest BCUT2D eigenvalue weighted by Gasteiger charge is -2.32. The minimum Gasteiger partial charge on any atom is -0.497 e. The predicted molar refractivity (Wildman–Crippen MR) is 115 cm³/mol. The zero-order chi connectivity index (χ0) is 21.3. The van der Waals surface area contributed by atoms with Gasteiger partial charge in [0.15, 0.2) is 0 Å². The van der Waals surface area contributed by atoms with Crippen molar-refractivity contribution in [1.29, 1.82) is 0 Å². The smallest absolute Gasteiger partial charge is 0.337 e. The van der Waals surface area contributed by atoms with Crippen molar-refractivity contribution in [3.8, 4) is 5.75 Å². The Morgan fingerprint density at radius 1 is 1.03 bits per heavy atom. The van der Waals surface area contributed by atoms with Crippen LogP contribution in [-0.2, 0) is 22.5 Å². The predicted octanol–water partition coefficient (Wildman–Crippen LogP) is 3.05. The van der Waals surface area contributed by atoms with E-state index in [2.05, 4.69) is 10.2 Å². The number of nitrogens with zero attached hydrogens (tertiary/aromatic N) is 1. The van der Waals surface area contributed by atoms with Crippen molar-refractivity contribution in [1.82, 2.24) is 10.2 Å². The zero-order valence-corrected chi connectivity index (χ0v) is 17.7. The molecule has 0 spiro atoms. The summed E-state index contributed by atoms with van der Waals surface area (Å²) in [6.07, 6.45) is 2.63. The number of rotatable bonds is 8. The van der Waals surface area contributed by atoms with Gasteiger partial charge in [-0.05, 0) is 60.7 Å². The quantitative estimate of drug-likeness (QED) is 0.678. The molecular formula is C24H30N2O4. The molecule has 3 rings (SSSR count). The van der Waals surface area contributed by atoms with Crippen molar-refractivity contribution in [3.63, 3.8) is 0 Å². The average Bonchev–Trinajstić information content (AvgIpc) is 2.78. The van der Waals surface area contributed by atoms with Crippen LogP contribution in [0, 0.1) is 5.92 Å². The van der Waals surface area contributed by atoms with Gasteiger partial charge >= 0.3 is 5.97 Å². The van der Waals surface area contributed by atoms with Crippen LogP contribution in [0.4, 0.5) is 0 Å². The number of hydrogen-bond donors (Lipinski definition) is 1. The van der Waals surface area contributed by atoms with Crippen LogP contribution in [0.25, 0.3) is 0 Å². The van der Waals surface area contributed by atoms with E-state index in [1.807, 2.05) is 48.5 Å². The first-order valence-corrected chi connectivity index (χ1v) is 10.4. The standard InChI is InChI=1S/C24H30N2O4/c1-29-22-11-7-18(8-12-22)14-23(27)25-15-20-4-3-13-26(17-20)16-19-5-9-21(10-6-19)24(28)30-2/h5-12,20H,3-4,13-17H2,1-2H3,(H,25,27)/t20-/m0/s1. The van der Waals surface area contributed by atoms with Crippen LogP contribution in [0.1, 0.15) is 34.3 Å². The molecule has 0 bridgehead atoms. The Balaban J connectivity index is 1.44. The fourth-order valence-electron chi connectivity index (χ4n) is 3.83. The number of methoxy groups -OCH3 is 2. The molecule has 0 aromatic heterocycles. The largest absolute Gasteiger partial charge is 0.497 e. The number of esters is 1. The number of carbonyl (C=O) groups excluding carboxylic acids is 2. The van der Waals surface area contributed by atoms with E-state index in [9.17, 15) is 9.59 Å². The molecule has 1 amide bonds. The van der Waals surface area contributed by atoms with Gasteiger partial charge in [0.2, 0.25) is 5.91 Å². The highest BCUT2D eigenvalue weighted by atomic mass is 16.5. The lowest BCUT2D eigenvalue weighted by atomic mass is 9.97. The highest BCUT2D eigenvalue weighted by molar-refractivity contribution is 5.89. The molecule has 2 aromatic rings. The first kappa shape index (κ1) is 21.8. The molecule has 1 fully saturated rings. The van der Waals surface area contributed by atoms with Crippen molar-refractivity contribution in [2.45, 2.75) is 25.8 Å². The second kappa shape index (κ2) is 10.8. The molecule has 1 aliphatic rings. The molecule has 0 radical (unpaired) electrons. The Morgan fingerprint density at radius 3 is 2.40 bits per heavy atom. The lowest BCUT2D eigenvalue weighted by molar-refractivity contribution is -0.120. The van der Waals surface area contributed by atoms with Crippen molar-refractivity contribution in [3.05, 3.63) is 65.2 Å². The van der Waals surface area contributed by atoms with Gasteiger partial charge in [0, 0.05) is 19.6 Å². The summed E-state index contributed by atoms with van der Waals surface area (Å²) in [5.41, 5.74) is 2.72. The van der Waals surface area contributed by atoms with Crippen LogP contribution in [0.15, 0.2) is 48.5 Å². The topological polar surface area (TPSA) is 67.9 Å². The van der Waals surface area contributed by atoms with Gasteiger partial charge in [-0.15, -0.1) is 0 Å². The first-order chi connectivity index (χ1) is 14.6. The van der Waals surface area contributed by atoms with Gasteiger partial charge in [-0.2, -0.15) is 0 Å². The van der Waals surface area contributed by atoms with Crippen LogP contribution in [0.5, 0.6) is 5.75 Å². The highest BCUT2D eigenvalue weighted by Gasteiger charge is 2.20.